The van der Waals surface area contributed by atoms with Crippen LogP contribution < -0.4 is 10.2 Å². The van der Waals surface area contributed by atoms with Crippen LogP contribution in [0.4, 0.5) is 16.8 Å². The largest absolute Gasteiger partial charge is 0.348 e. The van der Waals surface area contributed by atoms with Gasteiger partial charge in [-0.1, -0.05) is 17.4 Å². The summed E-state index contributed by atoms with van der Waals surface area (Å²) in [5, 5.41) is 4.25. The van der Waals surface area contributed by atoms with E-state index in [4.69, 9.17) is 4.98 Å². The highest BCUT2D eigenvalue weighted by atomic mass is 32.1. The molecule has 1 N–H and O–H groups in total. The second-order valence-corrected chi connectivity index (χ2v) is 7.73. The Hall–Kier alpha value is -2.80. The minimum atomic E-state index is 0.195. The van der Waals surface area contributed by atoms with Gasteiger partial charge < -0.3 is 15.0 Å². The minimum absolute atomic E-state index is 0.195. The van der Waals surface area contributed by atoms with Crippen LogP contribution >= 0.6 is 11.3 Å². The first-order chi connectivity index (χ1) is 13.2. The predicted molar refractivity (Wildman–Crippen MR) is 109 cm³/mol. The van der Waals surface area contributed by atoms with E-state index in [1.54, 1.807) is 17.5 Å². The van der Waals surface area contributed by atoms with Gasteiger partial charge in [-0.05, 0) is 49.6 Å². The number of aldehydes is 1. The highest BCUT2D eigenvalue weighted by Crippen LogP contribution is 2.32. The molecular formula is C20H21N5OS. The molecule has 0 unspecified atom stereocenters. The van der Waals surface area contributed by atoms with Crippen LogP contribution in [0.3, 0.4) is 0 Å². The second kappa shape index (κ2) is 7.84. The first-order valence-corrected chi connectivity index (χ1v) is 9.86. The van der Waals surface area contributed by atoms with Crippen molar-refractivity contribution in [3.8, 4) is 10.6 Å². The van der Waals surface area contributed by atoms with Crippen LogP contribution in [0, 0.1) is 12.8 Å². The van der Waals surface area contributed by atoms with E-state index in [1.807, 2.05) is 43.5 Å². The molecular weight excluding hydrogens is 358 g/mol. The summed E-state index contributed by atoms with van der Waals surface area (Å²) in [4.78, 5) is 27.8. The van der Waals surface area contributed by atoms with E-state index in [2.05, 4.69) is 20.2 Å². The molecule has 7 heteroatoms. The van der Waals surface area contributed by atoms with E-state index in [0.29, 0.717) is 0 Å². The maximum Gasteiger partial charge on any atom is 0.185 e. The number of carbonyl (C=O) groups is 1. The summed E-state index contributed by atoms with van der Waals surface area (Å²) in [7, 11) is 0. The molecule has 4 rings (SSSR count). The lowest BCUT2D eigenvalue weighted by Crippen LogP contribution is -2.33. The van der Waals surface area contributed by atoms with Gasteiger partial charge in [-0.3, -0.25) is 0 Å². The molecule has 1 aliphatic heterocycles. The fourth-order valence-corrected chi connectivity index (χ4v) is 4.07. The highest BCUT2D eigenvalue weighted by Gasteiger charge is 2.21. The molecule has 6 nitrogen and oxygen atoms in total. The molecule has 27 heavy (non-hydrogen) atoms. The summed E-state index contributed by atoms with van der Waals surface area (Å²) in [6.07, 6.45) is 6.54. The normalized spacial score (nSPS) is 14.9. The van der Waals surface area contributed by atoms with E-state index >= 15 is 0 Å². The number of pyridine rings is 2. The summed E-state index contributed by atoms with van der Waals surface area (Å²) in [6.45, 7) is 3.79. The maximum absolute atomic E-state index is 10.9. The van der Waals surface area contributed by atoms with Crippen molar-refractivity contribution in [2.24, 2.45) is 5.92 Å². The van der Waals surface area contributed by atoms with Gasteiger partial charge in [0, 0.05) is 31.4 Å². The van der Waals surface area contributed by atoms with Crippen molar-refractivity contribution in [3.63, 3.8) is 0 Å². The van der Waals surface area contributed by atoms with Crippen LogP contribution in [0.25, 0.3) is 10.6 Å². The summed E-state index contributed by atoms with van der Waals surface area (Å²) in [6, 6.07) is 9.85. The molecule has 4 heterocycles. The Kier molecular flexibility index (Phi) is 5.11. The molecule has 0 aliphatic carbocycles. The molecule has 0 atom stereocenters. The number of thiazole rings is 1. The van der Waals surface area contributed by atoms with Gasteiger partial charge in [0.2, 0.25) is 0 Å². The Labute approximate surface area is 162 Å². The van der Waals surface area contributed by atoms with E-state index in [9.17, 15) is 4.79 Å². The molecule has 1 fully saturated rings. The summed E-state index contributed by atoms with van der Waals surface area (Å²) >= 11 is 1.64. The van der Waals surface area contributed by atoms with Gasteiger partial charge in [0.1, 0.15) is 17.9 Å². The fraction of sp³-hybridized carbons (Fsp3) is 0.300. The van der Waals surface area contributed by atoms with Crippen molar-refractivity contribution in [2.45, 2.75) is 19.8 Å². The Morgan fingerprint density at radius 2 is 2.04 bits per heavy atom. The van der Waals surface area contributed by atoms with Crippen molar-refractivity contribution in [2.75, 3.05) is 23.3 Å². The molecule has 0 saturated carbocycles. The number of hydrogen-bond acceptors (Lipinski definition) is 7. The average molecular weight is 379 g/mol. The number of piperidine rings is 1. The molecule has 0 radical (unpaired) electrons. The Morgan fingerprint density at radius 1 is 1.19 bits per heavy atom. The van der Waals surface area contributed by atoms with Gasteiger partial charge in [-0.2, -0.15) is 0 Å². The SMILES string of the molecule is Cc1ccnc(Nc2cccc(-c3cnc(N4CCC(C=O)CC4)s3)n2)c1. The average Bonchev–Trinajstić information content (AvgIpc) is 3.19. The van der Waals surface area contributed by atoms with Gasteiger partial charge in [-0.15, -0.1) is 0 Å². The van der Waals surface area contributed by atoms with Crippen LogP contribution in [0.1, 0.15) is 18.4 Å². The number of anilines is 3. The van der Waals surface area contributed by atoms with Crippen LogP contribution in [0.15, 0.2) is 42.7 Å². The van der Waals surface area contributed by atoms with E-state index in [1.165, 1.54) is 0 Å². The second-order valence-electron chi connectivity index (χ2n) is 6.72. The number of nitrogens with zero attached hydrogens (tertiary/aromatic N) is 4. The predicted octanol–water partition coefficient (Wildman–Crippen LogP) is 4.07. The summed E-state index contributed by atoms with van der Waals surface area (Å²) in [5.41, 5.74) is 2.04. The quantitative estimate of drug-likeness (QED) is 0.674. The zero-order valence-electron chi connectivity index (χ0n) is 15.1. The third kappa shape index (κ3) is 4.14. The Morgan fingerprint density at radius 3 is 2.81 bits per heavy atom. The van der Waals surface area contributed by atoms with Crippen molar-refractivity contribution >= 4 is 34.4 Å². The van der Waals surface area contributed by atoms with E-state index < -0.39 is 0 Å². The van der Waals surface area contributed by atoms with Crippen LogP contribution in [-0.4, -0.2) is 34.3 Å². The standard InChI is InChI=1S/C20H21N5OS/c1-14-5-8-21-19(11-14)24-18-4-2-3-16(23-18)17-12-22-20(27-17)25-9-6-15(13-26)7-10-25/h2-5,8,11-13,15H,6-7,9-10H2,1H3,(H,21,23,24). The molecule has 0 amide bonds. The number of rotatable bonds is 5. The zero-order chi connectivity index (χ0) is 18.6. The van der Waals surface area contributed by atoms with Gasteiger partial charge in [0.15, 0.2) is 5.13 Å². The number of nitrogens with one attached hydrogen (secondary N) is 1. The zero-order valence-corrected chi connectivity index (χ0v) is 15.9. The molecule has 1 aliphatic rings. The van der Waals surface area contributed by atoms with Crippen LogP contribution in [0.5, 0.6) is 0 Å². The highest BCUT2D eigenvalue weighted by molar-refractivity contribution is 7.18. The maximum atomic E-state index is 10.9. The van der Waals surface area contributed by atoms with Crippen molar-refractivity contribution in [3.05, 3.63) is 48.3 Å². The van der Waals surface area contributed by atoms with E-state index in [0.717, 1.165) is 65.1 Å². The molecule has 0 bridgehead atoms. The van der Waals surface area contributed by atoms with Gasteiger partial charge >= 0.3 is 0 Å². The van der Waals surface area contributed by atoms with Crippen molar-refractivity contribution in [1.29, 1.82) is 0 Å². The smallest absolute Gasteiger partial charge is 0.185 e. The molecule has 3 aromatic heterocycles. The third-order valence-electron chi connectivity index (χ3n) is 4.67. The minimum Gasteiger partial charge on any atom is -0.348 e. The van der Waals surface area contributed by atoms with Crippen molar-refractivity contribution < 1.29 is 4.79 Å². The molecule has 3 aromatic rings. The molecule has 0 spiro atoms. The van der Waals surface area contributed by atoms with Gasteiger partial charge in [0.05, 0.1) is 10.6 Å². The third-order valence-corrected chi connectivity index (χ3v) is 5.75. The van der Waals surface area contributed by atoms with Crippen molar-refractivity contribution in [1.82, 2.24) is 15.0 Å². The van der Waals surface area contributed by atoms with Crippen LogP contribution in [0.2, 0.25) is 0 Å². The van der Waals surface area contributed by atoms with Crippen LogP contribution in [-0.2, 0) is 4.79 Å². The first-order valence-electron chi connectivity index (χ1n) is 9.04. The molecule has 138 valence electrons. The fourth-order valence-electron chi connectivity index (χ4n) is 3.13. The monoisotopic (exact) mass is 379 g/mol. The lowest BCUT2D eigenvalue weighted by molar-refractivity contribution is -0.111. The summed E-state index contributed by atoms with van der Waals surface area (Å²) < 4.78 is 0. The first kappa shape index (κ1) is 17.6. The number of aromatic nitrogens is 3. The molecule has 0 aromatic carbocycles. The lowest BCUT2D eigenvalue weighted by atomic mass is 9.99. The Bertz CT molecular complexity index is 933. The number of hydrogen-bond donors (Lipinski definition) is 1. The van der Waals surface area contributed by atoms with Gasteiger partial charge in [0.25, 0.3) is 0 Å². The number of carbonyl (C=O) groups excluding carboxylic acids is 1. The number of aryl methyl sites for hydroxylation is 1. The van der Waals surface area contributed by atoms with E-state index in [-0.39, 0.29) is 5.92 Å². The van der Waals surface area contributed by atoms with Gasteiger partial charge in [-0.25, -0.2) is 15.0 Å². The summed E-state index contributed by atoms with van der Waals surface area (Å²) in [5.74, 6) is 1.73. The molecule has 1 saturated heterocycles. The lowest BCUT2D eigenvalue weighted by Gasteiger charge is -2.29. The topological polar surface area (TPSA) is 71.0 Å². The Balaban J connectivity index is 1.49.